The van der Waals surface area contributed by atoms with Crippen LogP contribution in [0, 0.1) is 0 Å². The Kier molecular flexibility index (Phi) is 3.08. The van der Waals surface area contributed by atoms with Gasteiger partial charge in [0, 0.05) is 26.6 Å². The van der Waals surface area contributed by atoms with Gasteiger partial charge < -0.3 is 10.2 Å². The molecular formula is C12H16N2O2. The van der Waals surface area contributed by atoms with Crippen LogP contribution in [0.2, 0.25) is 0 Å². The van der Waals surface area contributed by atoms with E-state index in [9.17, 15) is 9.59 Å². The summed E-state index contributed by atoms with van der Waals surface area (Å²) in [6.07, 6.45) is 6.12. The Bertz CT molecular complexity index is 376. The van der Waals surface area contributed by atoms with E-state index < -0.39 is 0 Å². The number of hydrogen-bond donors (Lipinski definition) is 1. The molecule has 0 aromatic carbocycles. The normalized spacial score (nSPS) is 20.6. The SMILES string of the molecule is CNC(=O)C1=C(N2CCCC2)C(=O)CC=C1. The highest BCUT2D eigenvalue weighted by molar-refractivity contribution is 6.08. The Morgan fingerprint density at radius 1 is 1.38 bits per heavy atom. The number of hydrogen-bond acceptors (Lipinski definition) is 3. The standard InChI is InChI=1S/C12H16N2O2/c1-13-12(16)9-5-4-6-10(15)11(9)14-7-2-3-8-14/h4-5H,2-3,6-8H2,1H3,(H,13,16). The van der Waals surface area contributed by atoms with Crippen LogP contribution in [0.3, 0.4) is 0 Å². The zero-order valence-electron chi connectivity index (χ0n) is 9.45. The number of amides is 1. The van der Waals surface area contributed by atoms with E-state index in [1.54, 1.807) is 19.2 Å². The van der Waals surface area contributed by atoms with E-state index in [1.807, 2.05) is 4.90 Å². The number of ketones is 1. The van der Waals surface area contributed by atoms with Crippen molar-refractivity contribution >= 4 is 11.7 Å². The van der Waals surface area contributed by atoms with Gasteiger partial charge in [-0.1, -0.05) is 12.2 Å². The molecule has 0 bridgehead atoms. The van der Waals surface area contributed by atoms with E-state index >= 15 is 0 Å². The van der Waals surface area contributed by atoms with Gasteiger partial charge in [-0.05, 0) is 12.8 Å². The fourth-order valence-electron chi connectivity index (χ4n) is 2.21. The van der Waals surface area contributed by atoms with Gasteiger partial charge in [-0.15, -0.1) is 0 Å². The van der Waals surface area contributed by atoms with Gasteiger partial charge in [-0.25, -0.2) is 0 Å². The summed E-state index contributed by atoms with van der Waals surface area (Å²) in [6, 6.07) is 0. The molecule has 2 rings (SSSR count). The maximum Gasteiger partial charge on any atom is 0.253 e. The quantitative estimate of drug-likeness (QED) is 0.742. The van der Waals surface area contributed by atoms with Crippen LogP contribution in [-0.2, 0) is 9.59 Å². The van der Waals surface area contributed by atoms with Crippen LogP contribution in [0.5, 0.6) is 0 Å². The first-order chi connectivity index (χ1) is 7.74. The zero-order chi connectivity index (χ0) is 11.5. The highest BCUT2D eigenvalue weighted by Crippen LogP contribution is 2.23. The number of carbonyl (C=O) groups is 2. The minimum Gasteiger partial charge on any atom is -0.368 e. The van der Waals surface area contributed by atoms with Crippen molar-refractivity contribution in [3.05, 3.63) is 23.4 Å². The first-order valence-electron chi connectivity index (χ1n) is 5.65. The molecule has 4 nitrogen and oxygen atoms in total. The maximum absolute atomic E-state index is 11.9. The number of allylic oxidation sites excluding steroid dienone is 2. The molecule has 2 aliphatic rings. The first-order valence-corrected chi connectivity index (χ1v) is 5.65. The Labute approximate surface area is 95.0 Å². The maximum atomic E-state index is 11.9. The number of likely N-dealkylation sites (tertiary alicyclic amines) is 1. The molecule has 1 N–H and O–H groups in total. The van der Waals surface area contributed by atoms with Crippen molar-refractivity contribution in [3.8, 4) is 0 Å². The van der Waals surface area contributed by atoms with Crippen LogP contribution < -0.4 is 5.32 Å². The predicted octanol–water partition coefficient (Wildman–Crippen LogP) is 0.611. The van der Waals surface area contributed by atoms with E-state index in [2.05, 4.69) is 5.32 Å². The number of likely N-dealkylation sites (N-methyl/N-ethyl adjacent to an activating group) is 1. The molecule has 1 aliphatic carbocycles. The topological polar surface area (TPSA) is 49.4 Å². The van der Waals surface area contributed by atoms with Gasteiger partial charge in [0.15, 0.2) is 5.78 Å². The van der Waals surface area contributed by atoms with Gasteiger partial charge in [0.25, 0.3) is 5.91 Å². The monoisotopic (exact) mass is 220 g/mol. The lowest BCUT2D eigenvalue weighted by Gasteiger charge is -2.24. The number of rotatable bonds is 2. The van der Waals surface area contributed by atoms with Gasteiger partial charge in [0.1, 0.15) is 0 Å². The van der Waals surface area contributed by atoms with Crippen molar-refractivity contribution in [1.82, 2.24) is 10.2 Å². The minimum absolute atomic E-state index is 0.0583. The van der Waals surface area contributed by atoms with Crippen LogP contribution in [0.15, 0.2) is 23.4 Å². The third-order valence-electron chi connectivity index (χ3n) is 3.00. The molecule has 4 heteroatoms. The minimum atomic E-state index is -0.175. The Morgan fingerprint density at radius 2 is 2.06 bits per heavy atom. The van der Waals surface area contributed by atoms with Crippen LogP contribution >= 0.6 is 0 Å². The second-order valence-electron chi connectivity index (χ2n) is 4.07. The van der Waals surface area contributed by atoms with Crippen molar-refractivity contribution in [1.29, 1.82) is 0 Å². The molecule has 0 spiro atoms. The molecule has 1 amide bonds. The Balaban J connectivity index is 2.37. The average Bonchev–Trinajstić information content (AvgIpc) is 2.81. The van der Waals surface area contributed by atoms with Crippen molar-refractivity contribution in [2.24, 2.45) is 0 Å². The third kappa shape index (κ3) is 1.87. The molecular weight excluding hydrogens is 204 g/mol. The average molecular weight is 220 g/mol. The highest BCUT2D eigenvalue weighted by atomic mass is 16.2. The van der Waals surface area contributed by atoms with Crippen LogP contribution in [0.25, 0.3) is 0 Å². The number of carbonyl (C=O) groups excluding carboxylic acids is 2. The Hall–Kier alpha value is -1.58. The molecule has 0 saturated carbocycles. The van der Waals surface area contributed by atoms with E-state index in [4.69, 9.17) is 0 Å². The molecule has 0 aromatic rings. The zero-order valence-corrected chi connectivity index (χ0v) is 9.45. The number of nitrogens with zero attached hydrogens (tertiary/aromatic N) is 1. The number of Topliss-reactive ketones (excluding diaryl/α,β-unsaturated/α-hetero) is 1. The first kappa shape index (κ1) is 10.9. The van der Waals surface area contributed by atoms with Gasteiger partial charge in [-0.3, -0.25) is 9.59 Å². The van der Waals surface area contributed by atoms with Gasteiger partial charge in [0.2, 0.25) is 0 Å². The summed E-state index contributed by atoms with van der Waals surface area (Å²) in [5, 5.41) is 2.58. The molecule has 1 heterocycles. The third-order valence-corrected chi connectivity index (χ3v) is 3.00. The van der Waals surface area contributed by atoms with E-state index in [0.29, 0.717) is 17.7 Å². The van der Waals surface area contributed by atoms with Gasteiger partial charge >= 0.3 is 0 Å². The summed E-state index contributed by atoms with van der Waals surface area (Å²) in [4.78, 5) is 25.6. The van der Waals surface area contributed by atoms with Gasteiger partial charge in [-0.2, -0.15) is 0 Å². The molecule has 86 valence electrons. The second-order valence-corrected chi connectivity index (χ2v) is 4.07. The summed E-state index contributed by atoms with van der Waals surface area (Å²) in [5.74, 6) is -0.116. The predicted molar refractivity (Wildman–Crippen MR) is 60.7 cm³/mol. The summed E-state index contributed by atoms with van der Waals surface area (Å²) in [7, 11) is 1.59. The lowest BCUT2D eigenvalue weighted by Crippen LogP contribution is -2.32. The molecule has 0 unspecified atom stereocenters. The summed E-state index contributed by atoms with van der Waals surface area (Å²) in [6.45, 7) is 1.77. The summed E-state index contributed by atoms with van der Waals surface area (Å²) < 4.78 is 0. The van der Waals surface area contributed by atoms with Crippen molar-refractivity contribution in [2.75, 3.05) is 20.1 Å². The van der Waals surface area contributed by atoms with Crippen LogP contribution in [-0.4, -0.2) is 36.7 Å². The van der Waals surface area contributed by atoms with E-state index in [-0.39, 0.29) is 11.7 Å². The van der Waals surface area contributed by atoms with E-state index in [1.165, 1.54) is 0 Å². The molecule has 0 atom stereocenters. The van der Waals surface area contributed by atoms with Crippen LogP contribution in [0.1, 0.15) is 19.3 Å². The van der Waals surface area contributed by atoms with Crippen molar-refractivity contribution in [3.63, 3.8) is 0 Å². The molecule has 0 radical (unpaired) electrons. The van der Waals surface area contributed by atoms with Crippen molar-refractivity contribution < 1.29 is 9.59 Å². The molecule has 1 fully saturated rings. The number of nitrogens with one attached hydrogen (secondary N) is 1. The van der Waals surface area contributed by atoms with Crippen LogP contribution in [0.4, 0.5) is 0 Å². The smallest absolute Gasteiger partial charge is 0.253 e. The molecule has 0 aromatic heterocycles. The largest absolute Gasteiger partial charge is 0.368 e. The highest BCUT2D eigenvalue weighted by Gasteiger charge is 2.27. The van der Waals surface area contributed by atoms with Crippen molar-refractivity contribution in [2.45, 2.75) is 19.3 Å². The van der Waals surface area contributed by atoms with Gasteiger partial charge in [0.05, 0.1) is 11.3 Å². The fraction of sp³-hybridized carbons (Fsp3) is 0.500. The summed E-state index contributed by atoms with van der Waals surface area (Å²) >= 11 is 0. The Morgan fingerprint density at radius 3 is 2.69 bits per heavy atom. The molecule has 1 aliphatic heterocycles. The molecule has 1 saturated heterocycles. The summed E-state index contributed by atoms with van der Waals surface area (Å²) in [5.41, 5.74) is 1.13. The lowest BCUT2D eigenvalue weighted by atomic mass is 10.0. The molecule has 16 heavy (non-hydrogen) atoms. The lowest BCUT2D eigenvalue weighted by molar-refractivity contribution is -0.119. The van der Waals surface area contributed by atoms with E-state index in [0.717, 1.165) is 25.9 Å². The fourth-order valence-corrected chi connectivity index (χ4v) is 2.21. The second kappa shape index (κ2) is 4.51.